The van der Waals surface area contributed by atoms with Crippen LogP contribution in [0, 0.1) is 5.92 Å². The monoisotopic (exact) mass is 368 g/mol. The van der Waals surface area contributed by atoms with Crippen LogP contribution in [0.1, 0.15) is 36.6 Å². The van der Waals surface area contributed by atoms with Crippen molar-refractivity contribution < 1.29 is 4.79 Å². The van der Waals surface area contributed by atoms with Crippen LogP contribution in [0.2, 0.25) is 15.1 Å². The van der Waals surface area contributed by atoms with E-state index in [1.807, 2.05) is 19.1 Å². The van der Waals surface area contributed by atoms with Gasteiger partial charge in [-0.2, -0.15) is 0 Å². The minimum absolute atomic E-state index is 0.0188. The molecule has 1 N–H and O–H groups in total. The molecule has 0 aliphatic heterocycles. The highest BCUT2D eigenvalue weighted by atomic mass is 35.5. The third kappa shape index (κ3) is 3.79. The van der Waals surface area contributed by atoms with Crippen LogP contribution in [-0.2, 0) is 4.79 Å². The zero-order chi connectivity index (χ0) is 16.6. The molecule has 3 rings (SSSR count). The lowest BCUT2D eigenvalue weighted by Crippen LogP contribution is -2.28. The maximum absolute atomic E-state index is 12.4. The van der Waals surface area contributed by atoms with Crippen LogP contribution in [0.15, 0.2) is 36.5 Å². The number of benzene rings is 1. The molecule has 1 saturated carbocycles. The van der Waals surface area contributed by atoms with Crippen LogP contribution in [0.4, 0.5) is 0 Å². The Hall–Kier alpha value is -1.29. The molecule has 1 aliphatic rings. The van der Waals surface area contributed by atoms with Crippen molar-refractivity contribution in [3.63, 3.8) is 0 Å². The first-order valence-corrected chi connectivity index (χ1v) is 8.46. The molecule has 0 radical (unpaired) electrons. The molecule has 6 heteroatoms. The minimum Gasteiger partial charge on any atom is -0.348 e. The molecule has 0 spiro atoms. The Kier molecular flexibility index (Phi) is 4.81. The van der Waals surface area contributed by atoms with Gasteiger partial charge >= 0.3 is 0 Å². The summed E-state index contributed by atoms with van der Waals surface area (Å²) in [6.45, 7) is 1.90. The molecular weight excluding hydrogens is 355 g/mol. The average Bonchev–Trinajstić information content (AvgIpc) is 3.28. The highest BCUT2D eigenvalue weighted by molar-refractivity contribution is 6.35. The van der Waals surface area contributed by atoms with Crippen LogP contribution in [-0.4, -0.2) is 10.9 Å². The molecule has 1 aromatic heterocycles. The summed E-state index contributed by atoms with van der Waals surface area (Å²) in [5.41, 5.74) is 1.76. The van der Waals surface area contributed by atoms with E-state index < -0.39 is 0 Å². The SMILES string of the molecule is C[C@@H](NC(=O)C1CC1c1ccc(Cl)cc1Cl)c1ccc(Cl)cn1. The van der Waals surface area contributed by atoms with Crippen molar-refractivity contribution in [2.45, 2.75) is 25.3 Å². The van der Waals surface area contributed by atoms with Crippen molar-refractivity contribution in [2.75, 3.05) is 0 Å². The van der Waals surface area contributed by atoms with Crippen molar-refractivity contribution in [1.82, 2.24) is 10.3 Å². The number of carbonyl (C=O) groups excluding carboxylic acids is 1. The fourth-order valence-electron chi connectivity index (χ4n) is 2.67. The van der Waals surface area contributed by atoms with E-state index in [9.17, 15) is 4.79 Å². The van der Waals surface area contributed by atoms with Gasteiger partial charge < -0.3 is 5.32 Å². The van der Waals surface area contributed by atoms with E-state index in [1.165, 1.54) is 0 Å². The lowest BCUT2D eigenvalue weighted by molar-refractivity contribution is -0.123. The van der Waals surface area contributed by atoms with Crippen molar-refractivity contribution >= 4 is 40.7 Å². The highest BCUT2D eigenvalue weighted by Crippen LogP contribution is 2.50. The lowest BCUT2D eigenvalue weighted by Gasteiger charge is -2.13. The second-order valence-electron chi connectivity index (χ2n) is 5.75. The second kappa shape index (κ2) is 6.68. The molecule has 1 aromatic carbocycles. The molecule has 1 aliphatic carbocycles. The number of rotatable bonds is 4. The Morgan fingerprint density at radius 3 is 2.61 bits per heavy atom. The Labute approximate surface area is 150 Å². The van der Waals surface area contributed by atoms with E-state index >= 15 is 0 Å². The molecule has 23 heavy (non-hydrogen) atoms. The number of nitrogens with one attached hydrogen (secondary N) is 1. The van der Waals surface area contributed by atoms with Crippen LogP contribution < -0.4 is 5.32 Å². The second-order valence-corrected chi connectivity index (χ2v) is 7.03. The number of nitrogens with zero attached hydrogens (tertiary/aromatic N) is 1. The number of pyridine rings is 1. The Bertz CT molecular complexity index is 733. The molecule has 2 unspecified atom stereocenters. The average molecular weight is 370 g/mol. The van der Waals surface area contributed by atoms with Gasteiger partial charge in [-0.3, -0.25) is 9.78 Å². The zero-order valence-corrected chi connectivity index (χ0v) is 14.7. The van der Waals surface area contributed by atoms with Gasteiger partial charge in [0.1, 0.15) is 0 Å². The van der Waals surface area contributed by atoms with E-state index in [2.05, 4.69) is 10.3 Å². The van der Waals surface area contributed by atoms with Crippen molar-refractivity contribution in [3.8, 4) is 0 Å². The molecular formula is C17H15Cl3N2O. The van der Waals surface area contributed by atoms with Gasteiger partial charge in [0.15, 0.2) is 0 Å². The third-order valence-corrected chi connectivity index (χ3v) is 4.83. The first kappa shape index (κ1) is 16.6. The van der Waals surface area contributed by atoms with Gasteiger partial charge in [-0.05, 0) is 49.1 Å². The van der Waals surface area contributed by atoms with E-state index in [0.29, 0.717) is 15.1 Å². The summed E-state index contributed by atoms with van der Waals surface area (Å²) < 4.78 is 0. The maximum atomic E-state index is 12.4. The molecule has 0 saturated heterocycles. The quantitative estimate of drug-likeness (QED) is 0.822. The van der Waals surface area contributed by atoms with Crippen molar-refractivity contribution in [3.05, 3.63) is 62.9 Å². The maximum Gasteiger partial charge on any atom is 0.224 e. The van der Waals surface area contributed by atoms with E-state index in [-0.39, 0.29) is 23.8 Å². The van der Waals surface area contributed by atoms with Crippen LogP contribution >= 0.6 is 34.8 Å². The highest BCUT2D eigenvalue weighted by Gasteiger charge is 2.45. The van der Waals surface area contributed by atoms with Gasteiger partial charge in [-0.25, -0.2) is 0 Å². The number of halogens is 3. The molecule has 1 heterocycles. The van der Waals surface area contributed by atoms with E-state index in [1.54, 1.807) is 24.4 Å². The van der Waals surface area contributed by atoms with Gasteiger partial charge in [0.2, 0.25) is 5.91 Å². The minimum atomic E-state index is -0.165. The normalized spacial score (nSPS) is 20.9. The van der Waals surface area contributed by atoms with Crippen LogP contribution in [0.5, 0.6) is 0 Å². The Balaban J connectivity index is 1.63. The number of hydrogen-bond donors (Lipinski definition) is 1. The summed E-state index contributed by atoms with van der Waals surface area (Å²) in [5.74, 6) is 0.124. The van der Waals surface area contributed by atoms with Gasteiger partial charge in [0.25, 0.3) is 0 Å². The largest absolute Gasteiger partial charge is 0.348 e. The third-order valence-electron chi connectivity index (χ3n) is 4.04. The Morgan fingerprint density at radius 1 is 1.22 bits per heavy atom. The molecule has 3 atom stereocenters. The summed E-state index contributed by atoms with van der Waals surface area (Å²) >= 11 is 17.9. The van der Waals surface area contributed by atoms with Gasteiger partial charge in [0.05, 0.1) is 16.8 Å². The van der Waals surface area contributed by atoms with Crippen molar-refractivity contribution in [1.29, 1.82) is 0 Å². The van der Waals surface area contributed by atoms with Gasteiger partial charge in [0, 0.05) is 22.2 Å². The molecule has 3 nitrogen and oxygen atoms in total. The predicted octanol–water partition coefficient (Wildman–Crippen LogP) is 5.02. The standard InChI is InChI=1S/C17H15Cl3N2O/c1-9(16-5-3-11(19)8-21-16)22-17(23)14-7-13(14)12-4-2-10(18)6-15(12)20/h2-6,8-9,13-14H,7H2,1H3,(H,22,23)/t9-,13?,14?/m1/s1. The number of amides is 1. The van der Waals surface area contributed by atoms with E-state index in [0.717, 1.165) is 17.7 Å². The van der Waals surface area contributed by atoms with Crippen LogP contribution in [0.3, 0.4) is 0 Å². The molecule has 2 aromatic rings. The van der Waals surface area contributed by atoms with Crippen LogP contribution in [0.25, 0.3) is 0 Å². The first-order chi connectivity index (χ1) is 11.0. The topological polar surface area (TPSA) is 42.0 Å². The first-order valence-electron chi connectivity index (χ1n) is 7.32. The summed E-state index contributed by atoms with van der Waals surface area (Å²) in [6.07, 6.45) is 2.38. The molecule has 1 fully saturated rings. The van der Waals surface area contributed by atoms with E-state index in [4.69, 9.17) is 34.8 Å². The molecule has 0 bridgehead atoms. The fourth-order valence-corrected chi connectivity index (χ4v) is 3.33. The summed E-state index contributed by atoms with van der Waals surface area (Å²) in [5, 5.41) is 4.79. The summed E-state index contributed by atoms with van der Waals surface area (Å²) in [4.78, 5) is 16.6. The fraction of sp³-hybridized carbons (Fsp3) is 0.294. The Morgan fingerprint density at radius 2 is 1.96 bits per heavy atom. The molecule has 120 valence electrons. The van der Waals surface area contributed by atoms with Crippen molar-refractivity contribution in [2.24, 2.45) is 5.92 Å². The molecule has 1 amide bonds. The summed E-state index contributed by atoms with van der Waals surface area (Å²) in [7, 11) is 0. The van der Waals surface area contributed by atoms with Gasteiger partial charge in [-0.1, -0.05) is 40.9 Å². The summed E-state index contributed by atoms with van der Waals surface area (Å²) in [6, 6.07) is 8.82. The number of aromatic nitrogens is 1. The number of hydrogen-bond acceptors (Lipinski definition) is 2. The van der Waals surface area contributed by atoms with Gasteiger partial charge in [-0.15, -0.1) is 0 Å². The lowest BCUT2D eigenvalue weighted by atomic mass is 10.1. The smallest absolute Gasteiger partial charge is 0.224 e. The zero-order valence-electron chi connectivity index (χ0n) is 12.4. The number of carbonyl (C=O) groups is 1. The predicted molar refractivity (Wildman–Crippen MR) is 93.1 cm³/mol.